The Hall–Kier alpha value is -1.89. The number of amides is 1. The fourth-order valence-corrected chi connectivity index (χ4v) is 4.42. The molecule has 7 heteroatoms. The van der Waals surface area contributed by atoms with Crippen LogP contribution in [0.15, 0.2) is 0 Å². The van der Waals surface area contributed by atoms with E-state index in [2.05, 4.69) is 5.32 Å². The molecule has 3 rings (SSSR count). The first-order chi connectivity index (χ1) is 12.0. The monoisotopic (exact) mass is 365 g/mol. The molecule has 0 bridgehead atoms. The predicted molar refractivity (Wildman–Crippen MR) is 93.8 cm³/mol. The lowest BCUT2D eigenvalue weighted by molar-refractivity contribution is -0.148. The molecule has 1 N–H and O–H groups in total. The summed E-state index contributed by atoms with van der Waals surface area (Å²) in [4.78, 5) is 37.3. The van der Waals surface area contributed by atoms with Crippen LogP contribution in [0.3, 0.4) is 0 Å². The average molecular weight is 365 g/mol. The molecule has 2 unspecified atom stereocenters. The van der Waals surface area contributed by atoms with Gasteiger partial charge in [-0.2, -0.15) is 0 Å². The first-order valence-electron chi connectivity index (χ1n) is 8.79. The second kappa shape index (κ2) is 7.56. The first kappa shape index (κ1) is 17.9. The SMILES string of the molecule is CCOC(=O)c1c(NC(=O)COC(=O)C2CC2C)sc2c1CCCC2. The van der Waals surface area contributed by atoms with Crippen LogP contribution < -0.4 is 5.32 Å². The highest BCUT2D eigenvalue weighted by Gasteiger charge is 2.40. The second-order valence-electron chi connectivity index (χ2n) is 6.61. The van der Waals surface area contributed by atoms with Gasteiger partial charge in [-0.25, -0.2) is 4.79 Å². The number of anilines is 1. The van der Waals surface area contributed by atoms with Gasteiger partial charge in [-0.3, -0.25) is 9.59 Å². The number of ether oxygens (including phenoxy) is 2. The van der Waals surface area contributed by atoms with Gasteiger partial charge in [-0.15, -0.1) is 11.3 Å². The maximum atomic E-state index is 12.3. The van der Waals surface area contributed by atoms with Crippen LogP contribution in [0.2, 0.25) is 0 Å². The molecular weight excluding hydrogens is 342 g/mol. The van der Waals surface area contributed by atoms with Crippen LogP contribution in [-0.4, -0.2) is 31.1 Å². The number of carbonyl (C=O) groups is 3. The van der Waals surface area contributed by atoms with Gasteiger partial charge >= 0.3 is 11.9 Å². The Kier molecular flexibility index (Phi) is 5.42. The number of hydrogen-bond acceptors (Lipinski definition) is 6. The summed E-state index contributed by atoms with van der Waals surface area (Å²) in [5, 5.41) is 3.24. The molecular formula is C18H23NO5S. The number of rotatable bonds is 6. The van der Waals surface area contributed by atoms with Crippen molar-refractivity contribution in [3.8, 4) is 0 Å². The molecule has 6 nitrogen and oxygen atoms in total. The Labute approximate surface area is 150 Å². The van der Waals surface area contributed by atoms with Gasteiger partial charge in [0.25, 0.3) is 5.91 Å². The van der Waals surface area contributed by atoms with Crippen LogP contribution >= 0.6 is 11.3 Å². The van der Waals surface area contributed by atoms with E-state index in [0.29, 0.717) is 16.5 Å². The Balaban J connectivity index is 1.68. The maximum absolute atomic E-state index is 12.3. The molecule has 0 spiro atoms. The lowest BCUT2D eigenvalue weighted by Crippen LogP contribution is -2.22. The van der Waals surface area contributed by atoms with Gasteiger partial charge < -0.3 is 14.8 Å². The minimum Gasteiger partial charge on any atom is -0.462 e. The zero-order chi connectivity index (χ0) is 18.0. The second-order valence-corrected chi connectivity index (χ2v) is 7.72. The predicted octanol–water partition coefficient (Wildman–Crippen LogP) is 2.94. The number of esters is 2. The number of aryl methyl sites for hydroxylation is 1. The lowest BCUT2D eigenvalue weighted by Gasteiger charge is -2.12. The Morgan fingerprint density at radius 2 is 1.92 bits per heavy atom. The van der Waals surface area contributed by atoms with E-state index in [4.69, 9.17) is 9.47 Å². The molecule has 0 radical (unpaired) electrons. The summed E-state index contributed by atoms with van der Waals surface area (Å²) in [6, 6.07) is 0. The van der Waals surface area contributed by atoms with E-state index in [-0.39, 0.29) is 25.1 Å². The summed E-state index contributed by atoms with van der Waals surface area (Å²) in [5.41, 5.74) is 1.46. The molecule has 1 saturated carbocycles. The third-order valence-electron chi connectivity index (χ3n) is 4.66. The van der Waals surface area contributed by atoms with E-state index in [1.807, 2.05) is 6.92 Å². The van der Waals surface area contributed by atoms with E-state index in [0.717, 1.165) is 42.5 Å². The molecule has 136 valence electrons. The van der Waals surface area contributed by atoms with Gasteiger partial charge in [0.05, 0.1) is 18.1 Å². The molecule has 25 heavy (non-hydrogen) atoms. The van der Waals surface area contributed by atoms with Crippen molar-refractivity contribution in [2.45, 2.75) is 46.0 Å². The molecule has 2 atom stereocenters. The van der Waals surface area contributed by atoms with Gasteiger partial charge in [-0.05, 0) is 50.5 Å². The minimum atomic E-state index is -0.425. The van der Waals surface area contributed by atoms with E-state index in [1.54, 1.807) is 6.92 Å². The number of fused-ring (bicyclic) bond motifs is 1. The average Bonchev–Trinajstić information content (AvgIpc) is 3.20. The van der Waals surface area contributed by atoms with Crippen LogP contribution in [0.4, 0.5) is 5.00 Å². The normalized spacial score (nSPS) is 21.2. The fraction of sp³-hybridized carbons (Fsp3) is 0.611. The van der Waals surface area contributed by atoms with Crippen LogP contribution in [0.5, 0.6) is 0 Å². The molecule has 1 aromatic rings. The zero-order valence-corrected chi connectivity index (χ0v) is 15.4. The quantitative estimate of drug-likeness (QED) is 0.784. The number of hydrogen-bond donors (Lipinski definition) is 1. The minimum absolute atomic E-state index is 0.0723. The lowest BCUT2D eigenvalue weighted by atomic mass is 9.95. The van der Waals surface area contributed by atoms with Crippen LogP contribution in [0.1, 0.15) is 53.9 Å². The van der Waals surface area contributed by atoms with Gasteiger partial charge in [-0.1, -0.05) is 6.92 Å². The van der Waals surface area contributed by atoms with Crippen molar-refractivity contribution in [2.24, 2.45) is 11.8 Å². The van der Waals surface area contributed by atoms with E-state index in [1.165, 1.54) is 11.3 Å². The van der Waals surface area contributed by atoms with E-state index >= 15 is 0 Å². The Morgan fingerprint density at radius 3 is 2.60 bits per heavy atom. The van der Waals surface area contributed by atoms with Crippen molar-refractivity contribution in [1.82, 2.24) is 0 Å². The Bertz CT molecular complexity index is 696. The molecule has 2 aliphatic rings. The fourth-order valence-electron chi connectivity index (χ4n) is 3.13. The van der Waals surface area contributed by atoms with Crippen LogP contribution in [0, 0.1) is 11.8 Å². The van der Waals surface area contributed by atoms with Gasteiger partial charge in [0.1, 0.15) is 5.00 Å². The Morgan fingerprint density at radius 1 is 1.20 bits per heavy atom. The van der Waals surface area contributed by atoms with Crippen molar-refractivity contribution in [3.05, 3.63) is 16.0 Å². The van der Waals surface area contributed by atoms with Gasteiger partial charge in [0, 0.05) is 4.88 Å². The summed E-state index contributed by atoms with van der Waals surface area (Å²) in [7, 11) is 0. The molecule has 2 aliphatic carbocycles. The third kappa shape index (κ3) is 4.03. The highest BCUT2D eigenvalue weighted by atomic mass is 32.1. The summed E-state index contributed by atoms with van der Waals surface area (Å²) < 4.78 is 10.2. The highest BCUT2D eigenvalue weighted by molar-refractivity contribution is 7.17. The standard InChI is InChI=1S/C18H23NO5S/c1-3-23-18(22)15-11-6-4-5-7-13(11)25-16(15)19-14(20)9-24-17(21)12-8-10(12)2/h10,12H,3-9H2,1-2H3,(H,19,20). The number of carbonyl (C=O) groups excluding carboxylic acids is 3. The molecule has 1 amide bonds. The topological polar surface area (TPSA) is 81.7 Å². The molecule has 1 fully saturated rings. The van der Waals surface area contributed by atoms with E-state index in [9.17, 15) is 14.4 Å². The largest absolute Gasteiger partial charge is 0.462 e. The van der Waals surface area contributed by atoms with Crippen molar-refractivity contribution in [1.29, 1.82) is 0 Å². The van der Waals surface area contributed by atoms with Gasteiger partial charge in [0.2, 0.25) is 0 Å². The maximum Gasteiger partial charge on any atom is 0.341 e. The summed E-state index contributed by atoms with van der Waals surface area (Å²) >= 11 is 1.42. The van der Waals surface area contributed by atoms with E-state index < -0.39 is 11.9 Å². The zero-order valence-electron chi connectivity index (χ0n) is 14.6. The molecule has 0 aliphatic heterocycles. The summed E-state index contributed by atoms with van der Waals surface area (Å²) in [5.74, 6) is -0.877. The molecule has 1 aromatic heterocycles. The first-order valence-corrected chi connectivity index (χ1v) is 9.61. The highest BCUT2D eigenvalue weighted by Crippen LogP contribution is 2.39. The smallest absolute Gasteiger partial charge is 0.341 e. The van der Waals surface area contributed by atoms with Crippen LogP contribution in [-0.2, 0) is 31.9 Å². The van der Waals surface area contributed by atoms with Crippen molar-refractivity contribution >= 4 is 34.2 Å². The summed E-state index contributed by atoms with van der Waals surface area (Å²) in [6.45, 7) is 3.70. The summed E-state index contributed by atoms with van der Waals surface area (Å²) in [6.07, 6.45) is 4.67. The van der Waals surface area contributed by atoms with Crippen molar-refractivity contribution in [3.63, 3.8) is 0 Å². The molecule has 1 heterocycles. The molecule has 0 aromatic carbocycles. The van der Waals surface area contributed by atoms with Crippen molar-refractivity contribution in [2.75, 3.05) is 18.5 Å². The van der Waals surface area contributed by atoms with Crippen molar-refractivity contribution < 1.29 is 23.9 Å². The molecule has 0 saturated heterocycles. The van der Waals surface area contributed by atoms with Crippen LogP contribution in [0.25, 0.3) is 0 Å². The number of nitrogens with one attached hydrogen (secondary N) is 1. The van der Waals surface area contributed by atoms with Gasteiger partial charge in [0.15, 0.2) is 6.61 Å². The number of thiophene rings is 1. The third-order valence-corrected chi connectivity index (χ3v) is 5.87.